The summed E-state index contributed by atoms with van der Waals surface area (Å²) in [5.74, 6) is -2.35. The van der Waals surface area contributed by atoms with Gasteiger partial charge in [-0.15, -0.1) is 0 Å². The molecule has 0 aromatic heterocycles. The summed E-state index contributed by atoms with van der Waals surface area (Å²) in [5.41, 5.74) is -0.233. The van der Waals surface area contributed by atoms with Gasteiger partial charge in [0.15, 0.2) is 0 Å². The molecule has 1 aliphatic rings. The monoisotopic (exact) mass is 318 g/mol. The first-order valence-electron chi connectivity index (χ1n) is 5.16. The fourth-order valence-electron chi connectivity index (χ4n) is 1.77. The molecular formula is C11H9BrF2N2O2. The number of carbonyl (C=O) groups is 2. The molecule has 0 spiro atoms. The number of hydrogen-bond donors (Lipinski definition) is 1. The molecule has 4 nitrogen and oxygen atoms in total. The van der Waals surface area contributed by atoms with Gasteiger partial charge in [-0.3, -0.25) is 14.5 Å². The van der Waals surface area contributed by atoms with Gasteiger partial charge in [0.05, 0.1) is 16.7 Å². The lowest BCUT2D eigenvalue weighted by Gasteiger charge is -2.32. The topological polar surface area (TPSA) is 49.4 Å². The van der Waals surface area contributed by atoms with Gasteiger partial charge in [0, 0.05) is 6.07 Å². The van der Waals surface area contributed by atoms with Crippen molar-refractivity contribution in [1.82, 2.24) is 5.32 Å². The van der Waals surface area contributed by atoms with Gasteiger partial charge in [0.2, 0.25) is 11.8 Å². The fourth-order valence-corrected chi connectivity index (χ4v) is 2.08. The van der Waals surface area contributed by atoms with Crippen LogP contribution in [0, 0.1) is 11.6 Å². The second-order valence-corrected chi connectivity index (χ2v) is 4.73. The van der Waals surface area contributed by atoms with Crippen LogP contribution in [0.3, 0.4) is 0 Å². The largest absolute Gasteiger partial charge is 0.345 e. The van der Waals surface area contributed by atoms with Crippen molar-refractivity contribution in [2.45, 2.75) is 13.0 Å². The molecule has 2 amide bonds. The summed E-state index contributed by atoms with van der Waals surface area (Å²) in [6.07, 6.45) is 0. The van der Waals surface area contributed by atoms with Gasteiger partial charge in [-0.25, -0.2) is 8.78 Å². The second kappa shape index (κ2) is 4.64. The Morgan fingerprint density at radius 3 is 2.67 bits per heavy atom. The first-order chi connectivity index (χ1) is 8.41. The number of rotatable bonds is 1. The standard InChI is InChI=1S/C11H9BrF2N2O2/c1-5-11(18)15-4-10(17)16(5)9-3-7(13)6(12)2-8(9)14/h2-3,5H,4H2,1H3,(H,15,18). The Bertz CT molecular complexity index is 536. The molecule has 1 aromatic carbocycles. The highest BCUT2D eigenvalue weighted by atomic mass is 79.9. The Balaban J connectivity index is 2.49. The van der Waals surface area contributed by atoms with E-state index >= 15 is 0 Å². The van der Waals surface area contributed by atoms with Gasteiger partial charge in [-0.2, -0.15) is 0 Å². The quantitative estimate of drug-likeness (QED) is 0.799. The van der Waals surface area contributed by atoms with E-state index in [0.29, 0.717) is 0 Å². The van der Waals surface area contributed by atoms with Crippen LogP contribution in [0.2, 0.25) is 0 Å². The number of carbonyl (C=O) groups excluding carboxylic acids is 2. The van der Waals surface area contributed by atoms with Crippen molar-refractivity contribution >= 4 is 33.4 Å². The average molecular weight is 319 g/mol. The predicted molar refractivity (Wildman–Crippen MR) is 64.0 cm³/mol. The van der Waals surface area contributed by atoms with Crippen LogP contribution in [-0.4, -0.2) is 24.4 Å². The molecule has 2 rings (SSSR count). The van der Waals surface area contributed by atoms with Crippen molar-refractivity contribution in [3.05, 3.63) is 28.2 Å². The summed E-state index contributed by atoms with van der Waals surface area (Å²) in [4.78, 5) is 24.1. The van der Waals surface area contributed by atoms with Gasteiger partial charge in [0.25, 0.3) is 0 Å². The molecule has 1 N–H and O–H groups in total. The Morgan fingerprint density at radius 2 is 2.00 bits per heavy atom. The second-order valence-electron chi connectivity index (χ2n) is 3.88. The molecule has 1 atom stereocenters. The highest BCUT2D eigenvalue weighted by Gasteiger charge is 2.34. The van der Waals surface area contributed by atoms with Gasteiger partial charge in [0.1, 0.15) is 17.7 Å². The fraction of sp³-hybridized carbons (Fsp3) is 0.273. The number of halogens is 3. The predicted octanol–water partition coefficient (Wildman–Crippen LogP) is 1.58. The Morgan fingerprint density at radius 1 is 1.33 bits per heavy atom. The van der Waals surface area contributed by atoms with Crippen LogP contribution < -0.4 is 10.2 Å². The van der Waals surface area contributed by atoms with Crippen LogP contribution >= 0.6 is 15.9 Å². The Hall–Kier alpha value is -1.50. The van der Waals surface area contributed by atoms with E-state index in [1.807, 2.05) is 0 Å². The van der Waals surface area contributed by atoms with Crippen molar-refractivity contribution in [3.63, 3.8) is 0 Å². The highest BCUT2D eigenvalue weighted by molar-refractivity contribution is 9.10. The number of nitrogens with one attached hydrogen (secondary N) is 1. The third-order valence-electron chi connectivity index (χ3n) is 2.70. The third kappa shape index (κ3) is 2.10. The molecule has 7 heteroatoms. The number of nitrogens with zero attached hydrogens (tertiary/aromatic N) is 1. The minimum Gasteiger partial charge on any atom is -0.345 e. The number of benzene rings is 1. The maximum atomic E-state index is 13.8. The molecule has 1 aromatic rings. The van der Waals surface area contributed by atoms with Gasteiger partial charge in [-0.1, -0.05) is 0 Å². The molecule has 96 valence electrons. The molecule has 1 heterocycles. The van der Waals surface area contributed by atoms with Crippen molar-refractivity contribution < 1.29 is 18.4 Å². The van der Waals surface area contributed by atoms with E-state index in [4.69, 9.17) is 0 Å². The number of hydrogen-bond acceptors (Lipinski definition) is 2. The molecule has 1 unspecified atom stereocenters. The van der Waals surface area contributed by atoms with Gasteiger partial charge < -0.3 is 5.32 Å². The van der Waals surface area contributed by atoms with E-state index in [-0.39, 0.29) is 16.7 Å². The normalized spacial score (nSPS) is 20.0. The summed E-state index contributed by atoms with van der Waals surface area (Å²) in [5, 5.41) is 2.37. The Labute approximate surface area is 110 Å². The summed E-state index contributed by atoms with van der Waals surface area (Å²) in [7, 11) is 0. The van der Waals surface area contributed by atoms with Crippen LogP contribution in [0.4, 0.5) is 14.5 Å². The summed E-state index contributed by atoms with van der Waals surface area (Å²) in [6.45, 7) is 1.23. The average Bonchev–Trinajstić information content (AvgIpc) is 2.31. The molecule has 0 bridgehead atoms. The molecule has 0 radical (unpaired) electrons. The van der Waals surface area contributed by atoms with E-state index in [9.17, 15) is 18.4 Å². The van der Waals surface area contributed by atoms with Crippen molar-refractivity contribution in [3.8, 4) is 0 Å². The van der Waals surface area contributed by atoms with E-state index in [1.165, 1.54) is 6.92 Å². The van der Waals surface area contributed by atoms with Crippen LogP contribution in [0.5, 0.6) is 0 Å². The van der Waals surface area contributed by atoms with Crippen LogP contribution in [0.15, 0.2) is 16.6 Å². The Kier molecular flexibility index (Phi) is 3.34. The first-order valence-corrected chi connectivity index (χ1v) is 5.95. The molecular weight excluding hydrogens is 310 g/mol. The van der Waals surface area contributed by atoms with Crippen LogP contribution in [-0.2, 0) is 9.59 Å². The first kappa shape index (κ1) is 12.9. The molecule has 0 saturated carbocycles. The minimum atomic E-state index is -0.874. The summed E-state index contributed by atoms with van der Waals surface area (Å²) >= 11 is 2.85. The van der Waals surface area contributed by atoms with Crippen molar-refractivity contribution in [2.75, 3.05) is 11.4 Å². The minimum absolute atomic E-state index is 0.0367. The molecule has 1 fully saturated rings. The van der Waals surface area contributed by atoms with Crippen molar-refractivity contribution in [1.29, 1.82) is 0 Å². The van der Waals surface area contributed by atoms with Crippen LogP contribution in [0.25, 0.3) is 0 Å². The lowest BCUT2D eigenvalue weighted by Crippen LogP contribution is -2.57. The van der Waals surface area contributed by atoms with E-state index < -0.39 is 29.5 Å². The third-order valence-corrected chi connectivity index (χ3v) is 3.31. The molecule has 18 heavy (non-hydrogen) atoms. The van der Waals surface area contributed by atoms with E-state index in [2.05, 4.69) is 21.2 Å². The van der Waals surface area contributed by atoms with E-state index in [1.54, 1.807) is 0 Å². The number of piperazine rings is 1. The maximum absolute atomic E-state index is 13.8. The molecule has 0 aliphatic carbocycles. The number of amides is 2. The van der Waals surface area contributed by atoms with Gasteiger partial charge >= 0.3 is 0 Å². The zero-order valence-corrected chi connectivity index (χ0v) is 10.9. The zero-order valence-electron chi connectivity index (χ0n) is 9.34. The molecule has 1 saturated heterocycles. The molecule has 1 aliphatic heterocycles. The lowest BCUT2D eigenvalue weighted by atomic mass is 10.1. The van der Waals surface area contributed by atoms with Gasteiger partial charge in [-0.05, 0) is 28.9 Å². The summed E-state index contributed by atoms with van der Waals surface area (Å²) in [6, 6.07) is 0.949. The van der Waals surface area contributed by atoms with E-state index in [0.717, 1.165) is 17.0 Å². The SMILES string of the molecule is CC1C(=O)NCC(=O)N1c1cc(F)c(Br)cc1F. The smallest absolute Gasteiger partial charge is 0.247 e. The van der Waals surface area contributed by atoms with Crippen LogP contribution in [0.1, 0.15) is 6.92 Å². The summed E-state index contributed by atoms with van der Waals surface area (Å²) < 4.78 is 27.1. The van der Waals surface area contributed by atoms with Crippen molar-refractivity contribution in [2.24, 2.45) is 0 Å². The lowest BCUT2D eigenvalue weighted by molar-refractivity contribution is -0.130. The number of anilines is 1. The zero-order chi connectivity index (χ0) is 13.4. The maximum Gasteiger partial charge on any atom is 0.247 e. The highest BCUT2D eigenvalue weighted by Crippen LogP contribution is 2.28.